The molecule has 4 nitrogen and oxygen atoms in total. The molecule has 0 unspecified atom stereocenters. The number of nitrogens with one attached hydrogen (secondary N) is 1. The SMILES string of the molecule is C=CCn1cc(C(=O)C(=O)NC23CC4CC(CC(C4)C2)C3)c2cc(-c3ccccc3)ccc21. The first-order valence-corrected chi connectivity index (χ1v) is 12.2. The van der Waals surface area contributed by atoms with Gasteiger partial charge in [0, 0.05) is 29.2 Å². The van der Waals surface area contributed by atoms with Crippen molar-refractivity contribution < 1.29 is 9.59 Å². The van der Waals surface area contributed by atoms with Crippen LogP contribution in [-0.4, -0.2) is 21.8 Å². The van der Waals surface area contributed by atoms with E-state index in [1.165, 1.54) is 19.3 Å². The lowest BCUT2D eigenvalue weighted by Gasteiger charge is -2.56. The molecule has 0 spiro atoms. The molecule has 7 rings (SSSR count). The van der Waals surface area contributed by atoms with Gasteiger partial charge in [0.2, 0.25) is 0 Å². The fourth-order valence-corrected chi connectivity index (χ4v) is 7.26. The third-order valence-electron chi connectivity index (χ3n) is 8.18. The molecule has 1 aromatic heterocycles. The molecule has 3 aromatic rings. The molecule has 168 valence electrons. The van der Waals surface area contributed by atoms with Gasteiger partial charge in [0.05, 0.1) is 5.56 Å². The van der Waals surface area contributed by atoms with Crippen LogP contribution in [0.4, 0.5) is 0 Å². The Balaban J connectivity index is 1.34. The van der Waals surface area contributed by atoms with E-state index in [9.17, 15) is 9.59 Å². The lowest BCUT2D eigenvalue weighted by atomic mass is 9.53. The Morgan fingerprint density at radius 3 is 2.27 bits per heavy atom. The van der Waals surface area contributed by atoms with E-state index in [4.69, 9.17) is 0 Å². The van der Waals surface area contributed by atoms with Crippen molar-refractivity contribution in [3.8, 4) is 11.1 Å². The van der Waals surface area contributed by atoms with E-state index in [0.29, 0.717) is 12.1 Å². The van der Waals surface area contributed by atoms with Gasteiger partial charge in [0.1, 0.15) is 0 Å². The molecule has 4 heteroatoms. The van der Waals surface area contributed by atoms with Crippen molar-refractivity contribution in [1.82, 2.24) is 9.88 Å². The molecular formula is C29H30N2O2. The van der Waals surface area contributed by atoms with Crippen molar-refractivity contribution in [2.75, 3.05) is 0 Å². The van der Waals surface area contributed by atoms with Crippen molar-refractivity contribution in [3.05, 3.63) is 72.9 Å². The number of ketones is 1. The summed E-state index contributed by atoms with van der Waals surface area (Å²) >= 11 is 0. The van der Waals surface area contributed by atoms with Gasteiger partial charge in [-0.05, 0) is 79.5 Å². The maximum Gasteiger partial charge on any atom is 0.292 e. The maximum atomic E-state index is 13.5. The van der Waals surface area contributed by atoms with Crippen molar-refractivity contribution in [2.24, 2.45) is 17.8 Å². The third-order valence-corrected chi connectivity index (χ3v) is 8.18. The van der Waals surface area contributed by atoms with Gasteiger partial charge in [-0.2, -0.15) is 0 Å². The fraction of sp³-hybridized carbons (Fsp3) is 0.379. The first-order valence-electron chi connectivity index (χ1n) is 12.2. The summed E-state index contributed by atoms with van der Waals surface area (Å²) < 4.78 is 2.00. The first kappa shape index (κ1) is 20.5. The Morgan fingerprint density at radius 1 is 0.970 bits per heavy atom. The van der Waals surface area contributed by atoms with Crippen molar-refractivity contribution in [3.63, 3.8) is 0 Å². The minimum absolute atomic E-state index is 0.170. The van der Waals surface area contributed by atoms with Gasteiger partial charge < -0.3 is 9.88 Å². The highest BCUT2D eigenvalue weighted by Crippen LogP contribution is 2.55. The molecule has 4 saturated carbocycles. The monoisotopic (exact) mass is 438 g/mol. The average molecular weight is 439 g/mol. The number of aromatic nitrogens is 1. The third kappa shape index (κ3) is 3.52. The van der Waals surface area contributed by atoms with Crippen LogP contribution in [0, 0.1) is 17.8 Å². The minimum atomic E-state index is -0.445. The Kier molecular flexibility index (Phi) is 4.79. The van der Waals surface area contributed by atoms with Gasteiger partial charge in [-0.25, -0.2) is 0 Å². The molecule has 1 N–H and O–H groups in total. The van der Waals surface area contributed by atoms with Crippen LogP contribution >= 0.6 is 0 Å². The highest BCUT2D eigenvalue weighted by Gasteiger charge is 2.52. The second-order valence-corrected chi connectivity index (χ2v) is 10.6. The summed E-state index contributed by atoms with van der Waals surface area (Å²) in [7, 11) is 0. The number of benzene rings is 2. The van der Waals surface area contributed by atoms with Crippen LogP contribution in [0.3, 0.4) is 0 Å². The number of nitrogens with zero attached hydrogens (tertiary/aromatic N) is 1. The zero-order valence-corrected chi connectivity index (χ0v) is 18.9. The Labute approximate surface area is 194 Å². The molecule has 0 aliphatic heterocycles. The predicted molar refractivity (Wildman–Crippen MR) is 131 cm³/mol. The normalized spacial score (nSPS) is 27.6. The topological polar surface area (TPSA) is 51.1 Å². The molecule has 4 aliphatic rings. The molecule has 33 heavy (non-hydrogen) atoms. The molecule has 4 aliphatic carbocycles. The Bertz CT molecular complexity index is 1220. The van der Waals surface area contributed by atoms with E-state index < -0.39 is 11.7 Å². The van der Waals surface area contributed by atoms with E-state index >= 15 is 0 Å². The second-order valence-electron chi connectivity index (χ2n) is 10.6. The van der Waals surface area contributed by atoms with Crippen LogP contribution in [0.25, 0.3) is 22.0 Å². The van der Waals surface area contributed by atoms with Crippen molar-refractivity contribution in [1.29, 1.82) is 0 Å². The van der Waals surface area contributed by atoms with E-state index in [0.717, 1.165) is 59.0 Å². The van der Waals surface area contributed by atoms with Gasteiger partial charge in [0.15, 0.2) is 0 Å². The van der Waals surface area contributed by atoms with Crippen molar-refractivity contribution >= 4 is 22.6 Å². The summed E-state index contributed by atoms with van der Waals surface area (Å²) in [6.07, 6.45) is 10.7. The van der Waals surface area contributed by atoms with Gasteiger partial charge >= 0.3 is 0 Å². The second kappa shape index (κ2) is 7.72. The van der Waals surface area contributed by atoms with Crippen LogP contribution < -0.4 is 5.32 Å². The molecule has 1 heterocycles. The summed E-state index contributed by atoms with van der Waals surface area (Å²) in [5, 5.41) is 4.08. The number of carbonyl (C=O) groups excluding carboxylic acids is 2. The number of rotatable bonds is 6. The Hall–Kier alpha value is -3.14. The smallest absolute Gasteiger partial charge is 0.292 e. The number of hydrogen-bond donors (Lipinski definition) is 1. The van der Waals surface area contributed by atoms with E-state index in [1.54, 1.807) is 0 Å². The summed E-state index contributed by atoms with van der Waals surface area (Å²) in [5.41, 5.74) is 3.38. The van der Waals surface area contributed by atoms with Gasteiger partial charge in [0.25, 0.3) is 11.7 Å². The molecule has 0 saturated heterocycles. The summed E-state index contributed by atoms with van der Waals surface area (Å²) in [4.78, 5) is 26.8. The number of carbonyl (C=O) groups is 2. The molecule has 4 bridgehead atoms. The number of fused-ring (bicyclic) bond motifs is 1. The summed E-state index contributed by atoms with van der Waals surface area (Å²) in [5.74, 6) is 1.28. The molecular weight excluding hydrogens is 408 g/mol. The fourth-order valence-electron chi connectivity index (χ4n) is 7.26. The van der Waals surface area contributed by atoms with E-state index in [2.05, 4.69) is 30.1 Å². The number of amides is 1. The maximum absolute atomic E-state index is 13.5. The van der Waals surface area contributed by atoms with Crippen LogP contribution in [0.5, 0.6) is 0 Å². The molecule has 0 atom stereocenters. The largest absolute Gasteiger partial charge is 0.344 e. The van der Waals surface area contributed by atoms with E-state index in [-0.39, 0.29) is 5.54 Å². The molecule has 1 amide bonds. The number of Topliss-reactive ketones (excluding diaryl/α,β-unsaturated/α-hetero) is 1. The summed E-state index contributed by atoms with van der Waals surface area (Å²) in [6.45, 7) is 4.44. The van der Waals surface area contributed by atoms with Gasteiger partial charge in [-0.15, -0.1) is 6.58 Å². The Morgan fingerprint density at radius 2 is 1.64 bits per heavy atom. The zero-order valence-electron chi connectivity index (χ0n) is 18.9. The molecule has 2 aromatic carbocycles. The first-order chi connectivity index (χ1) is 16.0. The van der Waals surface area contributed by atoms with Crippen LogP contribution in [0.2, 0.25) is 0 Å². The van der Waals surface area contributed by atoms with Crippen molar-refractivity contribution in [2.45, 2.75) is 50.6 Å². The standard InChI is InChI=1S/C29H30N2O2/c1-2-10-31-18-25(24-14-23(8-9-26(24)31)22-6-4-3-5-7-22)27(32)28(33)30-29-15-19-11-20(16-29)13-21(12-19)17-29/h2-9,14,18-21H,1,10-13,15-17H2,(H,30,33). The van der Waals surface area contributed by atoms with Gasteiger partial charge in [-0.1, -0.05) is 42.5 Å². The highest BCUT2D eigenvalue weighted by molar-refractivity contribution is 6.45. The average Bonchev–Trinajstić information content (AvgIpc) is 3.16. The summed E-state index contributed by atoms with van der Waals surface area (Å²) in [6, 6.07) is 16.3. The minimum Gasteiger partial charge on any atom is -0.344 e. The van der Waals surface area contributed by atoms with Gasteiger partial charge in [-0.3, -0.25) is 9.59 Å². The molecule has 0 radical (unpaired) electrons. The quantitative estimate of drug-likeness (QED) is 0.302. The lowest BCUT2D eigenvalue weighted by Crippen LogP contribution is -2.60. The molecule has 4 fully saturated rings. The lowest BCUT2D eigenvalue weighted by molar-refractivity contribution is -0.122. The van der Waals surface area contributed by atoms with Crippen LogP contribution in [0.1, 0.15) is 48.9 Å². The van der Waals surface area contributed by atoms with Crippen LogP contribution in [0.15, 0.2) is 67.4 Å². The number of hydrogen-bond acceptors (Lipinski definition) is 2. The van der Waals surface area contributed by atoms with Crippen LogP contribution in [-0.2, 0) is 11.3 Å². The predicted octanol–water partition coefficient (Wildman–Crippen LogP) is 5.76. The number of allylic oxidation sites excluding steroid dienone is 1. The highest BCUT2D eigenvalue weighted by atomic mass is 16.2. The van der Waals surface area contributed by atoms with E-state index in [1.807, 2.05) is 47.2 Å². The zero-order chi connectivity index (χ0) is 22.6.